The van der Waals surface area contributed by atoms with E-state index in [0.29, 0.717) is 0 Å². The summed E-state index contributed by atoms with van der Waals surface area (Å²) >= 11 is 20.0. The zero-order chi connectivity index (χ0) is 9.28. The van der Waals surface area contributed by atoms with E-state index in [1.807, 2.05) is 13.8 Å². The van der Waals surface area contributed by atoms with Gasteiger partial charge in [0, 0.05) is 13.2 Å². The van der Waals surface area contributed by atoms with Crippen molar-refractivity contribution in [3.8, 4) is 0 Å². The van der Waals surface area contributed by atoms with Crippen molar-refractivity contribution in [2.75, 3.05) is 13.2 Å². The summed E-state index contributed by atoms with van der Waals surface area (Å²) < 4.78 is 4.64. The minimum Gasteiger partial charge on any atom is -0.382 e. The van der Waals surface area contributed by atoms with Gasteiger partial charge in [0.2, 0.25) is 0 Å². The maximum atomic E-state index is 4.99. The maximum absolute atomic E-state index is 4.99. The number of hydrogen-bond donors (Lipinski definition) is 0. The van der Waals surface area contributed by atoms with E-state index in [4.69, 9.17) is 51.1 Å². The molecule has 0 bridgehead atoms. The van der Waals surface area contributed by atoms with Gasteiger partial charge in [0.15, 0.2) is 0 Å². The Morgan fingerprint density at radius 3 is 1.18 bits per heavy atom. The normalized spacial score (nSPS) is 8.18. The van der Waals surface area contributed by atoms with Crippen molar-refractivity contribution >= 4 is 46.4 Å². The molecular weight excluding hydrogens is 230 g/mol. The highest BCUT2D eigenvalue weighted by atomic mass is 35.5. The Morgan fingerprint density at radius 1 is 0.909 bits per heavy atom. The molecule has 0 spiro atoms. The predicted molar refractivity (Wildman–Crippen MR) is 52.6 cm³/mol. The number of rotatable bonds is 2. The van der Waals surface area contributed by atoms with E-state index in [1.54, 1.807) is 0 Å². The highest BCUT2D eigenvalue weighted by molar-refractivity contribution is 6.67. The van der Waals surface area contributed by atoms with Crippen LogP contribution in [-0.4, -0.2) is 13.2 Å². The molecule has 0 atom stereocenters. The van der Waals surface area contributed by atoms with E-state index in [-0.39, 0.29) is 8.98 Å². The van der Waals surface area contributed by atoms with Crippen LogP contribution in [-0.2, 0) is 4.74 Å². The highest BCUT2D eigenvalue weighted by Gasteiger charge is 1.88. The number of hydrogen-bond acceptors (Lipinski definition) is 1. The van der Waals surface area contributed by atoms with Crippen molar-refractivity contribution in [3.63, 3.8) is 0 Å². The van der Waals surface area contributed by atoms with Gasteiger partial charge >= 0.3 is 0 Å². The van der Waals surface area contributed by atoms with Crippen LogP contribution in [0.25, 0.3) is 0 Å². The molecular formula is C6H10Cl4O. The molecule has 0 aliphatic carbocycles. The fraction of sp³-hybridized carbons (Fsp3) is 0.667. The molecule has 0 rings (SSSR count). The van der Waals surface area contributed by atoms with Gasteiger partial charge in [-0.3, -0.25) is 0 Å². The Kier molecular flexibility index (Phi) is 14.2. The largest absolute Gasteiger partial charge is 0.382 e. The minimum absolute atomic E-state index is 0.0988. The molecule has 0 aromatic rings. The first-order valence-electron chi connectivity index (χ1n) is 3.00. The van der Waals surface area contributed by atoms with E-state index in [2.05, 4.69) is 0 Å². The Labute approximate surface area is 87.2 Å². The van der Waals surface area contributed by atoms with Crippen molar-refractivity contribution in [1.29, 1.82) is 0 Å². The molecule has 0 N–H and O–H groups in total. The first-order valence-corrected chi connectivity index (χ1v) is 4.51. The molecule has 0 aliphatic heterocycles. The van der Waals surface area contributed by atoms with Crippen molar-refractivity contribution in [2.45, 2.75) is 13.8 Å². The van der Waals surface area contributed by atoms with E-state index in [0.717, 1.165) is 13.2 Å². The first-order chi connectivity index (χ1) is 5.06. The monoisotopic (exact) mass is 238 g/mol. The van der Waals surface area contributed by atoms with Crippen LogP contribution < -0.4 is 0 Å². The van der Waals surface area contributed by atoms with Gasteiger partial charge in [-0.2, -0.15) is 0 Å². The lowest BCUT2D eigenvalue weighted by Gasteiger charge is -1.86. The lowest BCUT2D eigenvalue weighted by Crippen LogP contribution is -1.84. The standard InChI is InChI=1S/C4H10O.C2Cl4/c1-3-5-4-2;3-1(4)2(5)6/h3-4H2,1-2H3;. The van der Waals surface area contributed by atoms with Crippen LogP contribution in [0, 0.1) is 0 Å². The van der Waals surface area contributed by atoms with Gasteiger partial charge in [0.1, 0.15) is 8.98 Å². The van der Waals surface area contributed by atoms with Gasteiger partial charge in [0.05, 0.1) is 0 Å². The smallest absolute Gasteiger partial charge is 0.136 e. The van der Waals surface area contributed by atoms with Crippen molar-refractivity contribution in [3.05, 3.63) is 8.98 Å². The van der Waals surface area contributed by atoms with Crippen LogP contribution in [0.2, 0.25) is 0 Å². The van der Waals surface area contributed by atoms with Gasteiger partial charge in [-0.25, -0.2) is 0 Å². The summed E-state index contributed by atoms with van der Waals surface area (Å²) in [4.78, 5) is 0. The maximum Gasteiger partial charge on any atom is 0.136 e. The summed E-state index contributed by atoms with van der Waals surface area (Å²) in [6, 6.07) is 0. The first kappa shape index (κ1) is 14.4. The molecule has 68 valence electrons. The molecule has 0 aromatic carbocycles. The van der Waals surface area contributed by atoms with Crippen LogP contribution in [0.4, 0.5) is 0 Å². The third-order valence-electron chi connectivity index (χ3n) is 0.551. The second-order valence-corrected chi connectivity index (χ2v) is 3.20. The van der Waals surface area contributed by atoms with Crippen LogP contribution in [0.5, 0.6) is 0 Å². The van der Waals surface area contributed by atoms with Crippen LogP contribution in [0.3, 0.4) is 0 Å². The van der Waals surface area contributed by atoms with Gasteiger partial charge in [-0.15, -0.1) is 0 Å². The summed E-state index contributed by atoms with van der Waals surface area (Å²) in [5.74, 6) is 0. The van der Waals surface area contributed by atoms with Crippen molar-refractivity contribution < 1.29 is 4.74 Å². The van der Waals surface area contributed by atoms with E-state index >= 15 is 0 Å². The van der Waals surface area contributed by atoms with E-state index < -0.39 is 0 Å². The summed E-state index contributed by atoms with van der Waals surface area (Å²) in [6.07, 6.45) is 0. The average Bonchev–Trinajstić information content (AvgIpc) is 1.90. The highest BCUT2D eigenvalue weighted by Crippen LogP contribution is 2.20. The molecule has 1 nitrogen and oxygen atoms in total. The zero-order valence-electron chi connectivity index (χ0n) is 6.33. The number of halogens is 4. The Balaban J connectivity index is 0. The lowest BCUT2D eigenvalue weighted by molar-refractivity contribution is 0.162. The number of ether oxygens (including phenoxy) is 1. The molecule has 0 saturated carbocycles. The fourth-order valence-electron chi connectivity index (χ4n) is 0.204. The Morgan fingerprint density at radius 2 is 1.18 bits per heavy atom. The summed E-state index contributed by atoms with van der Waals surface area (Å²) in [7, 11) is 0. The molecule has 5 heteroatoms. The second kappa shape index (κ2) is 10.9. The van der Waals surface area contributed by atoms with Crippen molar-refractivity contribution in [1.82, 2.24) is 0 Å². The molecule has 11 heavy (non-hydrogen) atoms. The van der Waals surface area contributed by atoms with Gasteiger partial charge in [-0.05, 0) is 13.8 Å². The lowest BCUT2D eigenvalue weighted by atomic mass is 10.8. The summed E-state index contributed by atoms with van der Waals surface area (Å²) in [5.41, 5.74) is 0. The zero-order valence-corrected chi connectivity index (χ0v) is 9.36. The Hall–Kier alpha value is 0.860. The molecule has 0 aromatic heterocycles. The van der Waals surface area contributed by atoms with Gasteiger partial charge in [0.25, 0.3) is 0 Å². The van der Waals surface area contributed by atoms with Crippen LogP contribution in [0.1, 0.15) is 13.8 Å². The topological polar surface area (TPSA) is 9.23 Å². The summed E-state index contributed by atoms with van der Waals surface area (Å²) in [6.45, 7) is 5.67. The summed E-state index contributed by atoms with van der Waals surface area (Å²) in [5, 5.41) is 0. The SMILES string of the molecule is CCOCC.ClC(Cl)=C(Cl)Cl. The second-order valence-electron chi connectivity index (χ2n) is 1.30. The predicted octanol–water partition coefficient (Wildman–Crippen LogP) is 4.11. The molecule has 0 amide bonds. The average molecular weight is 240 g/mol. The molecule has 0 fully saturated rings. The Bertz CT molecular complexity index is 93.1. The molecule has 0 unspecified atom stereocenters. The van der Waals surface area contributed by atoms with E-state index in [9.17, 15) is 0 Å². The molecule has 0 aliphatic rings. The van der Waals surface area contributed by atoms with Gasteiger partial charge in [-0.1, -0.05) is 46.4 Å². The molecule has 0 saturated heterocycles. The quantitative estimate of drug-likeness (QED) is 0.705. The third kappa shape index (κ3) is 18.1. The van der Waals surface area contributed by atoms with E-state index in [1.165, 1.54) is 0 Å². The van der Waals surface area contributed by atoms with Gasteiger partial charge < -0.3 is 4.74 Å². The van der Waals surface area contributed by atoms with Crippen molar-refractivity contribution in [2.24, 2.45) is 0 Å². The molecule has 0 heterocycles. The third-order valence-corrected chi connectivity index (χ3v) is 1.69. The van der Waals surface area contributed by atoms with Crippen LogP contribution >= 0.6 is 46.4 Å². The molecule has 0 radical (unpaired) electrons. The fourth-order valence-corrected chi connectivity index (χ4v) is 0.204. The van der Waals surface area contributed by atoms with Crippen LogP contribution in [0.15, 0.2) is 8.98 Å². The minimum atomic E-state index is -0.0988.